The van der Waals surface area contributed by atoms with Gasteiger partial charge in [-0.2, -0.15) is 0 Å². The summed E-state index contributed by atoms with van der Waals surface area (Å²) in [4.78, 5) is 8.56. The predicted molar refractivity (Wildman–Crippen MR) is 40.7 cm³/mol. The maximum absolute atomic E-state index is 8.56. The molecule has 10 heavy (non-hydrogen) atoms. The average molecular weight is 156 g/mol. The summed E-state index contributed by atoms with van der Waals surface area (Å²) in [7, 11) is 0. The van der Waals surface area contributed by atoms with E-state index in [1.54, 1.807) is 0 Å². The fourth-order valence-corrected chi connectivity index (χ4v) is 1.73. The van der Waals surface area contributed by atoms with Gasteiger partial charge >= 0.3 is 63.9 Å². The van der Waals surface area contributed by atoms with E-state index in [2.05, 4.69) is 13.8 Å². The molecule has 0 spiro atoms. The zero-order chi connectivity index (χ0) is 8.57. The molecular formula is C6H13NaO3. The predicted octanol–water partition coefficient (Wildman–Crippen LogP) is 1.84. The molecule has 0 heterocycles. The number of carboxylic acid groups (broad SMARTS) is 2. The van der Waals surface area contributed by atoms with E-state index in [0.29, 0.717) is 0 Å². The Morgan fingerprint density at radius 2 is 1.80 bits per heavy atom. The van der Waals surface area contributed by atoms with E-state index in [0.717, 1.165) is 5.92 Å². The van der Waals surface area contributed by atoms with Crippen molar-refractivity contribution >= 4 is 34.1 Å². The molecule has 0 saturated heterocycles. The van der Waals surface area contributed by atoms with E-state index in [1.807, 2.05) is 0 Å². The summed E-state index contributed by atoms with van der Waals surface area (Å²) in [5.41, 5.74) is 0. The van der Waals surface area contributed by atoms with Crippen molar-refractivity contribution in [1.82, 2.24) is 0 Å². The summed E-state index contributed by atoms with van der Waals surface area (Å²) in [5.74, 6) is 0.933. The molecule has 0 bridgehead atoms. The third-order valence-electron chi connectivity index (χ3n) is 0.866. The van der Waals surface area contributed by atoms with Crippen molar-refractivity contribution in [2.75, 3.05) is 0 Å². The zero-order valence-electron chi connectivity index (χ0n) is 6.79. The van der Waals surface area contributed by atoms with Crippen LogP contribution in [0.5, 0.6) is 0 Å². The van der Waals surface area contributed by atoms with E-state index in [-0.39, 0.29) is 0 Å². The first kappa shape index (κ1) is 12.9. The minimum absolute atomic E-state index is 0.933. The van der Waals surface area contributed by atoms with E-state index < -0.39 is 6.16 Å². The van der Waals surface area contributed by atoms with Gasteiger partial charge in [-0.15, -0.1) is 0 Å². The van der Waals surface area contributed by atoms with Crippen LogP contribution in [0, 0.1) is 5.92 Å². The molecule has 0 aliphatic carbocycles. The van der Waals surface area contributed by atoms with Gasteiger partial charge < -0.3 is 10.2 Å². The van der Waals surface area contributed by atoms with Gasteiger partial charge in [0.25, 0.3) is 0 Å². The molecule has 2 N–H and O–H groups in total. The SMILES string of the molecule is CC(C)C[CH2][Na].O=C(O)O. The van der Waals surface area contributed by atoms with Crippen molar-refractivity contribution in [3.05, 3.63) is 0 Å². The summed E-state index contributed by atoms with van der Waals surface area (Å²) < 4.78 is 1.47. The molecule has 4 heteroatoms. The zero-order valence-corrected chi connectivity index (χ0v) is 8.79. The Bertz CT molecular complexity index is 79.1. The maximum Gasteiger partial charge on any atom is 0.503 e. The van der Waals surface area contributed by atoms with Gasteiger partial charge in [-0.3, -0.25) is 0 Å². The quantitative estimate of drug-likeness (QED) is 0.600. The molecule has 0 aromatic carbocycles. The molecule has 0 fully saturated rings. The van der Waals surface area contributed by atoms with Gasteiger partial charge in [0.2, 0.25) is 0 Å². The summed E-state index contributed by atoms with van der Waals surface area (Å²) in [6, 6.07) is 0. The van der Waals surface area contributed by atoms with Crippen molar-refractivity contribution in [2.24, 2.45) is 5.92 Å². The normalized spacial score (nSPS) is 8.50. The Hall–Kier alpha value is 0.270. The van der Waals surface area contributed by atoms with Crippen LogP contribution in [0.3, 0.4) is 0 Å². The Labute approximate surface area is 78.9 Å². The molecule has 56 valence electrons. The Kier molecular flexibility index (Phi) is 12.0. The topological polar surface area (TPSA) is 57.5 Å². The first-order valence-corrected chi connectivity index (χ1v) is 4.84. The molecule has 0 aromatic rings. The van der Waals surface area contributed by atoms with Gasteiger partial charge in [0.15, 0.2) is 0 Å². The smallest absolute Gasteiger partial charge is 0.450 e. The van der Waals surface area contributed by atoms with Gasteiger partial charge in [0, 0.05) is 0 Å². The Morgan fingerprint density at radius 3 is 1.80 bits per heavy atom. The van der Waals surface area contributed by atoms with E-state index in [9.17, 15) is 0 Å². The van der Waals surface area contributed by atoms with Crippen LogP contribution in [-0.4, -0.2) is 44.3 Å². The Balaban J connectivity index is 0. The second kappa shape index (κ2) is 9.27. The van der Waals surface area contributed by atoms with Crippen LogP contribution in [0.1, 0.15) is 20.3 Å². The molecule has 0 aliphatic heterocycles. The van der Waals surface area contributed by atoms with Crippen LogP contribution in [0.4, 0.5) is 4.79 Å². The molecule has 0 aromatic heterocycles. The second-order valence-corrected chi connectivity index (χ2v) is 3.47. The van der Waals surface area contributed by atoms with Gasteiger partial charge in [-0.1, -0.05) is 0 Å². The third-order valence-corrected chi connectivity index (χ3v) is 1.44. The summed E-state index contributed by atoms with van der Waals surface area (Å²) >= 11 is 1.39. The third kappa shape index (κ3) is 40.9. The molecule has 0 aliphatic rings. The van der Waals surface area contributed by atoms with Crippen LogP contribution >= 0.6 is 0 Å². The van der Waals surface area contributed by atoms with Crippen LogP contribution in [0.25, 0.3) is 0 Å². The first-order valence-electron chi connectivity index (χ1n) is 3.42. The molecule has 0 saturated carbocycles. The minimum atomic E-state index is -1.83. The first-order chi connectivity index (χ1) is 4.50. The van der Waals surface area contributed by atoms with Gasteiger partial charge in [-0.25, -0.2) is 4.79 Å². The standard InChI is InChI=1S/C5H11.CH2O3.Na/c1-4-5(2)3;2-1(3)4;/h5H,1,4H2,2-3H3;(H2,2,3,4);. The van der Waals surface area contributed by atoms with Crippen LogP contribution in [0.2, 0.25) is 3.67 Å². The van der Waals surface area contributed by atoms with Crippen LogP contribution in [0.15, 0.2) is 0 Å². The molecular weight excluding hydrogens is 143 g/mol. The molecule has 0 rings (SSSR count). The van der Waals surface area contributed by atoms with E-state index in [1.165, 1.54) is 38.0 Å². The molecule has 0 amide bonds. The van der Waals surface area contributed by atoms with Crippen molar-refractivity contribution in [1.29, 1.82) is 0 Å². The number of hydrogen-bond donors (Lipinski definition) is 2. The summed E-state index contributed by atoms with van der Waals surface area (Å²) in [6.45, 7) is 4.55. The van der Waals surface area contributed by atoms with Gasteiger partial charge in [-0.05, 0) is 0 Å². The number of hydrogen-bond acceptors (Lipinski definition) is 1. The van der Waals surface area contributed by atoms with Crippen molar-refractivity contribution < 1.29 is 15.0 Å². The van der Waals surface area contributed by atoms with E-state index in [4.69, 9.17) is 15.0 Å². The molecule has 3 nitrogen and oxygen atoms in total. The van der Waals surface area contributed by atoms with E-state index >= 15 is 0 Å². The Morgan fingerprint density at radius 1 is 1.50 bits per heavy atom. The molecule has 0 unspecified atom stereocenters. The maximum atomic E-state index is 8.56. The monoisotopic (exact) mass is 156 g/mol. The van der Waals surface area contributed by atoms with Crippen LogP contribution in [-0.2, 0) is 0 Å². The second-order valence-electron chi connectivity index (χ2n) is 2.47. The summed E-state index contributed by atoms with van der Waals surface area (Å²) in [6.07, 6.45) is -0.397. The number of rotatable bonds is 2. The largest absolute Gasteiger partial charge is 0.503 e. The van der Waals surface area contributed by atoms with Crippen molar-refractivity contribution in [2.45, 2.75) is 23.9 Å². The van der Waals surface area contributed by atoms with Crippen molar-refractivity contribution in [3.63, 3.8) is 0 Å². The number of carbonyl (C=O) groups is 1. The summed E-state index contributed by atoms with van der Waals surface area (Å²) in [5, 5.41) is 13.9. The molecule has 0 radical (unpaired) electrons. The average Bonchev–Trinajstić information content (AvgIpc) is 1.62. The van der Waals surface area contributed by atoms with Crippen LogP contribution < -0.4 is 0 Å². The fourth-order valence-electron chi connectivity index (χ4n) is 0.577. The van der Waals surface area contributed by atoms with Crippen molar-refractivity contribution in [3.8, 4) is 0 Å². The molecule has 0 atom stereocenters. The van der Waals surface area contributed by atoms with Gasteiger partial charge in [0.1, 0.15) is 0 Å². The fraction of sp³-hybridized carbons (Fsp3) is 0.833. The minimum Gasteiger partial charge on any atom is -0.450 e. The van der Waals surface area contributed by atoms with Gasteiger partial charge in [0.05, 0.1) is 0 Å².